The van der Waals surface area contributed by atoms with E-state index in [0.29, 0.717) is 6.04 Å². The number of aromatic nitrogens is 1. The molecule has 0 aliphatic rings. The van der Waals surface area contributed by atoms with Gasteiger partial charge in [0, 0.05) is 10.9 Å². The molecule has 1 aromatic heterocycles. The van der Waals surface area contributed by atoms with E-state index >= 15 is 0 Å². The number of nitrogens with zero attached hydrogens (tertiary/aromatic N) is 2. The number of rotatable bonds is 6. The van der Waals surface area contributed by atoms with Crippen LogP contribution in [0.3, 0.4) is 0 Å². The highest BCUT2D eigenvalue weighted by Crippen LogP contribution is 2.22. The van der Waals surface area contributed by atoms with Crippen molar-refractivity contribution in [3.05, 3.63) is 15.6 Å². The fraction of sp³-hybridized carbons (Fsp3) is 0.750. The van der Waals surface area contributed by atoms with Crippen molar-refractivity contribution in [2.75, 3.05) is 27.2 Å². The summed E-state index contributed by atoms with van der Waals surface area (Å²) < 4.78 is 0. The zero-order valence-electron chi connectivity index (χ0n) is 11.0. The van der Waals surface area contributed by atoms with Crippen molar-refractivity contribution < 1.29 is 0 Å². The molecule has 1 N–H and O–H groups in total. The molecule has 1 aromatic rings. The molecule has 3 nitrogen and oxygen atoms in total. The molecule has 1 heterocycles. The predicted molar refractivity (Wildman–Crippen MR) is 71.2 cm³/mol. The highest BCUT2D eigenvalue weighted by atomic mass is 32.1. The van der Waals surface area contributed by atoms with Crippen molar-refractivity contribution in [3.8, 4) is 0 Å². The van der Waals surface area contributed by atoms with Crippen LogP contribution in [-0.2, 0) is 0 Å². The Hall–Kier alpha value is -0.450. The third-order valence-corrected chi connectivity index (χ3v) is 3.48. The fourth-order valence-corrected chi connectivity index (χ4v) is 2.67. The molecule has 0 radical (unpaired) electrons. The Bertz CT molecular complexity index is 320. The van der Waals surface area contributed by atoms with Crippen molar-refractivity contribution in [1.29, 1.82) is 0 Å². The van der Waals surface area contributed by atoms with Gasteiger partial charge in [0.1, 0.15) is 0 Å². The highest BCUT2D eigenvalue weighted by Gasteiger charge is 2.11. The Morgan fingerprint density at radius 1 is 1.38 bits per heavy atom. The lowest BCUT2D eigenvalue weighted by Gasteiger charge is -2.14. The smallest absolute Gasteiger partial charge is 0.0900 e. The minimum Gasteiger partial charge on any atom is -0.309 e. The van der Waals surface area contributed by atoms with E-state index in [-0.39, 0.29) is 0 Å². The normalized spacial score (nSPS) is 13.4. The topological polar surface area (TPSA) is 28.2 Å². The second kappa shape index (κ2) is 6.33. The van der Waals surface area contributed by atoms with Gasteiger partial charge in [-0.1, -0.05) is 0 Å². The van der Waals surface area contributed by atoms with Crippen LogP contribution >= 0.6 is 11.3 Å². The zero-order valence-corrected chi connectivity index (χ0v) is 11.8. The standard InChI is InChI=1S/C12H23N3S/c1-9(13-7-6-8-15(4)5)12-10(2)16-11(3)14-12/h9,13H,6-8H2,1-5H3. The van der Waals surface area contributed by atoms with Gasteiger partial charge in [0.2, 0.25) is 0 Å². The van der Waals surface area contributed by atoms with Crippen molar-refractivity contribution in [2.24, 2.45) is 0 Å². The van der Waals surface area contributed by atoms with Gasteiger partial charge in [-0.2, -0.15) is 0 Å². The second-order valence-corrected chi connectivity index (χ2v) is 5.91. The third-order valence-electron chi connectivity index (χ3n) is 2.58. The summed E-state index contributed by atoms with van der Waals surface area (Å²) >= 11 is 1.78. The molecule has 0 aliphatic carbocycles. The summed E-state index contributed by atoms with van der Waals surface area (Å²) in [7, 11) is 4.22. The molecule has 92 valence electrons. The molecule has 0 spiro atoms. The van der Waals surface area contributed by atoms with Gasteiger partial charge in [0.25, 0.3) is 0 Å². The molecular weight excluding hydrogens is 218 g/mol. The van der Waals surface area contributed by atoms with Crippen LogP contribution in [0.5, 0.6) is 0 Å². The van der Waals surface area contributed by atoms with Crippen LogP contribution < -0.4 is 5.32 Å². The molecular formula is C12H23N3S. The summed E-state index contributed by atoms with van der Waals surface area (Å²) in [6.07, 6.45) is 1.18. The van der Waals surface area contributed by atoms with Gasteiger partial charge in [0.05, 0.1) is 10.7 Å². The molecule has 4 heteroatoms. The number of nitrogens with one attached hydrogen (secondary N) is 1. The largest absolute Gasteiger partial charge is 0.309 e. The van der Waals surface area contributed by atoms with Crippen LogP contribution in [0.25, 0.3) is 0 Å². The first kappa shape index (κ1) is 13.6. The Labute approximate surface area is 103 Å². The lowest BCUT2D eigenvalue weighted by Crippen LogP contribution is -2.24. The van der Waals surface area contributed by atoms with Crippen LogP contribution in [0, 0.1) is 13.8 Å². The van der Waals surface area contributed by atoms with Crippen molar-refractivity contribution >= 4 is 11.3 Å². The van der Waals surface area contributed by atoms with Crippen LogP contribution in [0.2, 0.25) is 0 Å². The van der Waals surface area contributed by atoms with Gasteiger partial charge in [-0.25, -0.2) is 4.98 Å². The van der Waals surface area contributed by atoms with Crippen LogP contribution in [0.1, 0.15) is 35.0 Å². The Morgan fingerprint density at radius 2 is 2.06 bits per heavy atom. The molecule has 0 saturated heterocycles. The maximum absolute atomic E-state index is 4.57. The number of aryl methyl sites for hydroxylation is 2. The SMILES string of the molecule is Cc1nc(C(C)NCCCN(C)C)c(C)s1. The summed E-state index contributed by atoms with van der Waals surface area (Å²) in [4.78, 5) is 8.12. The molecule has 0 saturated carbocycles. The number of hydrogen-bond donors (Lipinski definition) is 1. The molecule has 16 heavy (non-hydrogen) atoms. The number of hydrogen-bond acceptors (Lipinski definition) is 4. The van der Waals surface area contributed by atoms with Gasteiger partial charge in [-0.3, -0.25) is 0 Å². The number of thiazole rings is 1. The summed E-state index contributed by atoms with van der Waals surface area (Å²) in [6, 6.07) is 0.368. The summed E-state index contributed by atoms with van der Waals surface area (Å²) in [6.45, 7) is 8.60. The Balaban J connectivity index is 2.35. The average Bonchev–Trinajstić information content (AvgIpc) is 2.52. The van der Waals surface area contributed by atoms with Gasteiger partial charge in [-0.05, 0) is 54.4 Å². The third kappa shape index (κ3) is 4.20. The molecule has 0 aliphatic heterocycles. The highest BCUT2D eigenvalue weighted by molar-refractivity contribution is 7.11. The summed E-state index contributed by atoms with van der Waals surface area (Å²) in [5.41, 5.74) is 1.22. The lowest BCUT2D eigenvalue weighted by atomic mass is 10.2. The first-order valence-corrected chi connectivity index (χ1v) is 6.64. The Kier molecular flexibility index (Phi) is 5.38. The summed E-state index contributed by atoms with van der Waals surface area (Å²) in [5.74, 6) is 0. The second-order valence-electron chi connectivity index (χ2n) is 4.51. The molecule has 0 bridgehead atoms. The molecule has 1 unspecified atom stereocenters. The van der Waals surface area contributed by atoms with E-state index in [1.165, 1.54) is 17.0 Å². The van der Waals surface area contributed by atoms with Crippen LogP contribution in [-0.4, -0.2) is 37.1 Å². The minimum atomic E-state index is 0.368. The minimum absolute atomic E-state index is 0.368. The Morgan fingerprint density at radius 3 is 2.56 bits per heavy atom. The van der Waals surface area contributed by atoms with E-state index in [1.807, 2.05) is 0 Å². The molecule has 1 rings (SSSR count). The van der Waals surface area contributed by atoms with E-state index < -0.39 is 0 Å². The van der Waals surface area contributed by atoms with Crippen LogP contribution in [0.15, 0.2) is 0 Å². The van der Waals surface area contributed by atoms with Gasteiger partial charge in [0.15, 0.2) is 0 Å². The van der Waals surface area contributed by atoms with Crippen molar-refractivity contribution in [1.82, 2.24) is 15.2 Å². The molecule has 1 atom stereocenters. The summed E-state index contributed by atoms with van der Waals surface area (Å²) in [5, 5.41) is 4.69. The predicted octanol–water partition coefficient (Wildman–Crippen LogP) is 2.36. The van der Waals surface area contributed by atoms with E-state index in [9.17, 15) is 0 Å². The van der Waals surface area contributed by atoms with Gasteiger partial charge in [-0.15, -0.1) is 11.3 Å². The first-order valence-electron chi connectivity index (χ1n) is 5.82. The van der Waals surface area contributed by atoms with Crippen LogP contribution in [0.4, 0.5) is 0 Å². The van der Waals surface area contributed by atoms with E-state index in [4.69, 9.17) is 0 Å². The fourth-order valence-electron chi connectivity index (χ4n) is 1.76. The lowest BCUT2D eigenvalue weighted by molar-refractivity contribution is 0.388. The molecule has 0 aromatic carbocycles. The molecule has 0 amide bonds. The molecule has 0 fully saturated rings. The zero-order chi connectivity index (χ0) is 12.1. The van der Waals surface area contributed by atoms with Crippen molar-refractivity contribution in [3.63, 3.8) is 0 Å². The monoisotopic (exact) mass is 241 g/mol. The van der Waals surface area contributed by atoms with Crippen molar-refractivity contribution in [2.45, 2.75) is 33.2 Å². The average molecular weight is 241 g/mol. The van der Waals surface area contributed by atoms with Gasteiger partial charge >= 0.3 is 0 Å². The van der Waals surface area contributed by atoms with E-state index in [1.54, 1.807) is 11.3 Å². The maximum atomic E-state index is 4.57. The first-order chi connectivity index (χ1) is 7.50. The maximum Gasteiger partial charge on any atom is 0.0900 e. The van der Waals surface area contributed by atoms with E-state index in [0.717, 1.165) is 18.1 Å². The quantitative estimate of drug-likeness (QED) is 0.775. The van der Waals surface area contributed by atoms with Gasteiger partial charge < -0.3 is 10.2 Å². The van der Waals surface area contributed by atoms with E-state index in [2.05, 4.69) is 50.1 Å².